The highest BCUT2D eigenvalue weighted by atomic mass is 16.7. The summed E-state index contributed by atoms with van der Waals surface area (Å²) >= 11 is 0. The van der Waals surface area contributed by atoms with Crippen molar-refractivity contribution in [1.29, 1.82) is 0 Å². The SMILES string of the molecule is CCNC(=O)[C@@H](C)NC(=O)/C=C/c1ccc2c(c1)OCO2. The van der Waals surface area contributed by atoms with Crippen LogP contribution in [-0.2, 0) is 9.59 Å². The second-order valence-electron chi connectivity index (χ2n) is 4.57. The monoisotopic (exact) mass is 290 g/mol. The summed E-state index contributed by atoms with van der Waals surface area (Å²) in [7, 11) is 0. The van der Waals surface area contributed by atoms with Gasteiger partial charge < -0.3 is 20.1 Å². The molecule has 1 heterocycles. The van der Waals surface area contributed by atoms with Gasteiger partial charge in [-0.15, -0.1) is 0 Å². The van der Waals surface area contributed by atoms with E-state index in [1.807, 2.05) is 13.0 Å². The van der Waals surface area contributed by atoms with Gasteiger partial charge in [0.25, 0.3) is 0 Å². The summed E-state index contributed by atoms with van der Waals surface area (Å²) in [6.07, 6.45) is 3.04. The third-order valence-corrected chi connectivity index (χ3v) is 2.93. The Morgan fingerprint density at radius 1 is 1.33 bits per heavy atom. The van der Waals surface area contributed by atoms with E-state index >= 15 is 0 Å². The molecule has 1 aromatic rings. The van der Waals surface area contributed by atoms with Gasteiger partial charge in [0.05, 0.1) is 0 Å². The molecule has 1 atom stereocenters. The normalized spacial score (nSPS) is 14.0. The van der Waals surface area contributed by atoms with Crippen molar-refractivity contribution in [3.63, 3.8) is 0 Å². The van der Waals surface area contributed by atoms with Crippen LogP contribution in [0.4, 0.5) is 0 Å². The van der Waals surface area contributed by atoms with Gasteiger partial charge in [-0.1, -0.05) is 6.07 Å². The van der Waals surface area contributed by atoms with Gasteiger partial charge in [-0.05, 0) is 37.6 Å². The molecular weight excluding hydrogens is 272 g/mol. The molecule has 2 N–H and O–H groups in total. The lowest BCUT2D eigenvalue weighted by Gasteiger charge is -2.11. The first-order valence-corrected chi connectivity index (χ1v) is 6.76. The van der Waals surface area contributed by atoms with Crippen LogP contribution in [0.5, 0.6) is 11.5 Å². The largest absolute Gasteiger partial charge is 0.454 e. The van der Waals surface area contributed by atoms with Crippen molar-refractivity contribution < 1.29 is 19.1 Å². The van der Waals surface area contributed by atoms with Crippen molar-refractivity contribution in [1.82, 2.24) is 10.6 Å². The fraction of sp³-hybridized carbons (Fsp3) is 0.333. The van der Waals surface area contributed by atoms with Gasteiger partial charge in [-0.25, -0.2) is 0 Å². The van der Waals surface area contributed by atoms with E-state index in [9.17, 15) is 9.59 Å². The maximum atomic E-state index is 11.7. The molecule has 2 amide bonds. The van der Waals surface area contributed by atoms with Gasteiger partial charge >= 0.3 is 0 Å². The lowest BCUT2D eigenvalue weighted by atomic mass is 10.2. The first-order valence-electron chi connectivity index (χ1n) is 6.76. The molecule has 0 aromatic heterocycles. The Hall–Kier alpha value is -2.50. The highest BCUT2D eigenvalue weighted by molar-refractivity contribution is 5.95. The van der Waals surface area contributed by atoms with Gasteiger partial charge in [0, 0.05) is 12.6 Å². The van der Waals surface area contributed by atoms with E-state index in [1.165, 1.54) is 6.08 Å². The minimum absolute atomic E-state index is 0.206. The average molecular weight is 290 g/mol. The molecule has 0 saturated carbocycles. The molecule has 6 nitrogen and oxygen atoms in total. The van der Waals surface area contributed by atoms with Crippen LogP contribution >= 0.6 is 0 Å². The molecule has 0 spiro atoms. The van der Waals surface area contributed by atoms with Crippen LogP contribution in [-0.4, -0.2) is 31.2 Å². The lowest BCUT2D eigenvalue weighted by molar-refractivity contribution is -0.126. The predicted octanol–water partition coefficient (Wildman–Crippen LogP) is 1.07. The molecule has 1 aliphatic rings. The molecule has 0 unspecified atom stereocenters. The molecule has 0 aliphatic carbocycles. The quantitative estimate of drug-likeness (QED) is 0.795. The second-order valence-corrected chi connectivity index (χ2v) is 4.57. The molecular formula is C15H18N2O4. The minimum atomic E-state index is -0.571. The maximum absolute atomic E-state index is 11.7. The van der Waals surface area contributed by atoms with Crippen molar-refractivity contribution >= 4 is 17.9 Å². The van der Waals surface area contributed by atoms with Gasteiger partial charge in [0.1, 0.15) is 6.04 Å². The third-order valence-electron chi connectivity index (χ3n) is 2.93. The molecule has 1 aromatic carbocycles. The number of nitrogens with one attached hydrogen (secondary N) is 2. The summed E-state index contributed by atoms with van der Waals surface area (Å²) in [6, 6.07) is 4.83. The van der Waals surface area contributed by atoms with Crippen LogP contribution in [0.3, 0.4) is 0 Å². The van der Waals surface area contributed by atoms with E-state index in [0.717, 1.165) is 5.56 Å². The van der Waals surface area contributed by atoms with E-state index in [0.29, 0.717) is 18.0 Å². The number of carbonyl (C=O) groups is 2. The molecule has 21 heavy (non-hydrogen) atoms. The number of hydrogen-bond donors (Lipinski definition) is 2. The summed E-state index contributed by atoms with van der Waals surface area (Å²) < 4.78 is 10.5. The first kappa shape index (κ1) is 14.9. The zero-order chi connectivity index (χ0) is 15.2. The van der Waals surface area contributed by atoms with Crippen LogP contribution in [0.1, 0.15) is 19.4 Å². The van der Waals surface area contributed by atoms with Gasteiger partial charge in [0.2, 0.25) is 18.6 Å². The fourth-order valence-corrected chi connectivity index (χ4v) is 1.84. The van der Waals surface area contributed by atoms with E-state index in [-0.39, 0.29) is 18.6 Å². The number of fused-ring (bicyclic) bond motifs is 1. The van der Waals surface area contributed by atoms with E-state index in [4.69, 9.17) is 9.47 Å². The van der Waals surface area contributed by atoms with Crippen molar-refractivity contribution in [2.24, 2.45) is 0 Å². The summed E-state index contributed by atoms with van der Waals surface area (Å²) in [5, 5.41) is 5.24. The van der Waals surface area contributed by atoms with E-state index in [2.05, 4.69) is 10.6 Å². The Kier molecular flexibility index (Phi) is 4.81. The van der Waals surface area contributed by atoms with Crippen molar-refractivity contribution in [2.75, 3.05) is 13.3 Å². The number of hydrogen-bond acceptors (Lipinski definition) is 4. The highest BCUT2D eigenvalue weighted by Crippen LogP contribution is 2.32. The Labute approximate surface area is 123 Å². The number of ether oxygens (including phenoxy) is 2. The standard InChI is InChI=1S/C15H18N2O4/c1-3-16-15(19)10(2)17-14(18)7-5-11-4-6-12-13(8-11)21-9-20-12/h4-8,10H,3,9H2,1-2H3,(H,16,19)(H,17,18)/b7-5+/t10-/m1/s1. The van der Waals surface area contributed by atoms with Crippen molar-refractivity contribution in [3.05, 3.63) is 29.8 Å². The molecule has 0 fully saturated rings. The van der Waals surface area contributed by atoms with Crippen LogP contribution < -0.4 is 20.1 Å². The Morgan fingerprint density at radius 3 is 2.86 bits per heavy atom. The Bertz CT molecular complexity index is 569. The van der Waals surface area contributed by atoms with Crippen molar-refractivity contribution in [3.8, 4) is 11.5 Å². The van der Waals surface area contributed by atoms with Crippen LogP contribution in [0.2, 0.25) is 0 Å². The number of benzene rings is 1. The number of amides is 2. The number of likely N-dealkylation sites (N-methyl/N-ethyl adjacent to an activating group) is 1. The minimum Gasteiger partial charge on any atom is -0.454 e. The van der Waals surface area contributed by atoms with Gasteiger partial charge in [-0.3, -0.25) is 9.59 Å². The average Bonchev–Trinajstić information content (AvgIpc) is 2.92. The molecule has 0 radical (unpaired) electrons. The smallest absolute Gasteiger partial charge is 0.244 e. The molecule has 0 bridgehead atoms. The van der Waals surface area contributed by atoms with E-state index in [1.54, 1.807) is 25.1 Å². The molecule has 0 saturated heterocycles. The maximum Gasteiger partial charge on any atom is 0.244 e. The van der Waals surface area contributed by atoms with Crippen LogP contribution in [0, 0.1) is 0 Å². The summed E-state index contributed by atoms with van der Waals surface area (Å²) in [5.74, 6) is 0.823. The lowest BCUT2D eigenvalue weighted by Crippen LogP contribution is -2.44. The summed E-state index contributed by atoms with van der Waals surface area (Å²) in [4.78, 5) is 23.2. The third kappa shape index (κ3) is 3.98. The van der Waals surface area contributed by atoms with Gasteiger partial charge in [0.15, 0.2) is 11.5 Å². The zero-order valence-corrected chi connectivity index (χ0v) is 12.0. The second kappa shape index (κ2) is 6.78. The van der Waals surface area contributed by atoms with Crippen molar-refractivity contribution in [2.45, 2.75) is 19.9 Å². The molecule has 2 rings (SSSR count). The topological polar surface area (TPSA) is 76.7 Å². The van der Waals surface area contributed by atoms with Crippen LogP contribution in [0.15, 0.2) is 24.3 Å². The Morgan fingerprint density at radius 2 is 2.10 bits per heavy atom. The molecule has 112 valence electrons. The predicted molar refractivity (Wildman–Crippen MR) is 77.9 cm³/mol. The zero-order valence-electron chi connectivity index (χ0n) is 12.0. The molecule has 1 aliphatic heterocycles. The first-order chi connectivity index (χ1) is 10.1. The van der Waals surface area contributed by atoms with E-state index < -0.39 is 6.04 Å². The number of rotatable bonds is 5. The fourth-order valence-electron chi connectivity index (χ4n) is 1.84. The summed E-state index contributed by atoms with van der Waals surface area (Å²) in [5.41, 5.74) is 0.820. The Balaban J connectivity index is 1.91. The highest BCUT2D eigenvalue weighted by Gasteiger charge is 2.14. The van der Waals surface area contributed by atoms with Crippen LogP contribution in [0.25, 0.3) is 6.08 Å². The summed E-state index contributed by atoms with van der Waals surface area (Å²) in [6.45, 7) is 4.21. The number of carbonyl (C=O) groups excluding carboxylic acids is 2. The van der Waals surface area contributed by atoms with Gasteiger partial charge in [-0.2, -0.15) is 0 Å². The molecule has 6 heteroatoms.